The summed E-state index contributed by atoms with van der Waals surface area (Å²) in [4.78, 5) is 41.5. The number of aliphatic hydroxyl groups is 1. The van der Waals surface area contributed by atoms with Crippen LogP contribution in [0, 0.1) is 5.92 Å². The van der Waals surface area contributed by atoms with Gasteiger partial charge in [0.2, 0.25) is 5.91 Å². The number of nitrogens with zero attached hydrogens (tertiary/aromatic N) is 2. The summed E-state index contributed by atoms with van der Waals surface area (Å²) in [5.74, 6) is -0.448. The molecular weight excluding hydrogens is 528 g/mol. The third kappa shape index (κ3) is 5.05. The molecule has 0 unspecified atom stereocenters. The number of hydrogen-bond donors (Lipinski definition) is 2. The van der Waals surface area contributed by atoms with Crippen molar-refractivity contribution in [2.45, 2.75) is 32.1 Å². The van der Waals surface area contributed by atoms with Crippen molar-refractivity contribution in [2.75, 3.05) is 6.61 Å². The number of aliphatic carboxylic acids is 1. The first-order chi connectivity index (χ1) is 19.8. The number of ether oxygens (including phenoxy) is 2. The molecule has 1 amide bonds. The standard InChI is InChI=1S/C31H26N2O8/c1-17(34)28-25-13-19(29(31(37)38)33(25)30(28)36)3-2-12-39-21-7-4-18(5-8-21)16-40-22-9-11-24-27(15-22)41-26-14-20(35)6-10-23(26)32-24/h2-11,14-15,17,25,28,34H,12-13,16H2,1H3,(H,37,38)/b3-2+/t17-,25-,28-/m1/s1. The summed E-state index contributed by atoms with van der Waals surface area (Å²) in [5.41, 5.74) is 3.06. The van der Waals surface area contributed by atoms with Gasteiger partial charge < -0.3 is 29.0 Å². The molecule has 0 radical (unpaired) electrons. The van der Waals surface area contributed by atoms with Crippen molar-refractivity contribution in [3.05, 3.63) is 99.9 Å². The van der Waals surface area contributed by atoms with Gasteiger partial charge in [0.1, 0.15) is 41.6 Å². The number of carbonyl (C=O) groups is 2. The highest BCUT2D eigenvalue weighted by molar-refractivity contribution is 6.00. The zero-order chi connectivity index (χ0) is 28.7. The smallest absolute Gasteiger partial charge is 0.352 e. The molecule has 3 atom stereocenters. The van der Waals surface area contributed by atoms with Crippen LogP contribution in [0.2, 0.25) is 0 Å². The van der Waals surface area contributed by atoms with E-state index in [1.807, 2.05) is 24.3 Å². The Labute approximate surface area is 234 Å². The fourth-order valence-corrected chi connectivity index (χ4v) is 5.31. The second-order valence-corrected chi connectivity index (χ2v) is 10.0. The Morgan fingerprint density at radius 2 is 1.88 bits per heavy atom. The number of hydrogen-bond acceptors (Lipinski definition) is 8. The Morgan fingerprint density at radius 1 is 1.10 bits per heavy atom. The van der Waals surface area contributed by atoms with Gasteiger partial charge in [-0.05, 0) is 67.0 Å². The number of aromatic nitrogens is 1. The third-order valence-electron chi connectivity index (χ3n) is 7.28. The largest absolute Gasteiger partial charge is 0.490 e. The van der Waals surface area contributed by atoms with Crippen molar-refractivity contribution in [1.29, 1.82) is 0 Å². The molecule has 3 heterocycles. The summed E-state index contributed by atoms with van der Waals surface area (Å²) < 4.78 is 17.5. The van der Waals surface area contributed by atoms with Gasteiger partial charge >= 0.3 is 5.97 Å². The van der Waals surface area contributed by atoms with E-state index in [9.17, 15) is 24.6 Å². The summed E-state index contributed by atoms with van der Waals surface area (Å²) in [6.45, 7) is 2.07. The zero-order valence-corrected chi connectivity index (χ0v) is 22.0. The molecule has 3 aliphatic heterocycles. The third-order valence-corrected chi connectivity index (χ3v) is 7.28. The van der Waals surface area contributed by atoms with Crippen molar-refractivity contribution in [3.63, 3.8) is 0 Å². The molecule has 2 aromatic rings. The van der Waals surface area contributed by atoms with E-state index in [4.69, 9.17) is 13.9 Å². The SMILES string of the molecule is C[C@@H](O)[C@H]1C(=O)N2C(C(=O)O)=C(/C=C/COc3ccc(COc4ccc5nc6ccc(=O)cc-6oc5c4)cc3)C[C@H]12. The molecule has 2 aromatic carbocycles. The molecule has 0 bridgehead atoms. The van der Waals surface area contributed by atoms with Crippen LogP contribution in [0.4, 0.5) is 0 Å². The van der Waals surface area contributed by atoms with Crippen LogP contribution < -0.4 is 14.9 Å². The number of fused-ring (bicyclic) bond motifs is 3. The molecule has 0 spiro atoms. The van der Waals surface area contributed by atoms with Gasteiger partial charge in [-0.1, -0.05) is 18.2 Å². The van der Waals surface area contributed by atoms with Crippen LogP contribution in [0.5, 0.6) is 11.5 Å². The fraction of sp³-hybridized carbons (Fsp3) is 0.226. The fourth-order valence-electron chi connectivity index (χ4n) is 5.31. The molecule has 10 nitrogen and oxygen atoms in total. The molecule has 4 aliphatic rings. The van der Waals surface area contributed by atoms with E-state index in [1.165, 1.54) is 17.0 Å². The minimum atomic E-state index is -1.16. The lowest BCUT2D eigenvalue weighted by Crippen LogP contribution is -2.61. The van der Waals surface area contributed by atoms with Gasteiger partial charge in [0.25, 0.3) is 0 Å². The molecule has 1 fully saturated rings. The quantitative estimate of drug-likeness (QED) is 0.234. The minimum absolute atomic E-state index is 0.0289. The molecule has 0 saturated carbocycles. The molecule has 41 heavy (non-hydrogen) atoms. The van der Waals surface area contributed by atoms with Crippen LogP contribution in [-0.2, 0) is 16.2 Å². The average molecular weight is 555 g/mol. The van der Waals surface area contributed by atoms with Crippen LogP contribution in [-0.4, -0.2) is 50.7 Å². The van der Waals surface area contributed by atoms with E-state index >= 15 is 0 Å². The maximum Gasteiger partial charge on any atom is 0.352 e. The van der Waals surface area contributed by atoms with Crippen LogP contribution in [0.15, 0.2) is 93.3 Å². The Bertz CT molecular complexity index is 1740. The number of carbonyl (C=O) groups excluding carboxylic acids is 1. The summed E-state index contributed by atoms with van der Waals surface area (Å²) in [7, 11) is 0. The Morgan fingerprint density at radius 3 is 2.63 bits per heavy atom. The van der Waals surface area contributed by atoms with Gasteiger partial charge in [0.05, 0.1) is 18.1 Å². The maximum absolute atomic E-state index is 12.3. The Hall–Kier alpha value is -4.96. The number of allylic oxidation sites excluding steroid dienone is 1. The first kappa shape index (κ1) is 26.3. The van der Waals surface area contributed by atoms with Gasteiger partial charge in [-0.25, -0.2) is 9.78 Å². The van der Waals surface area contributed by atoms with Gasteiger partial charge in [-0.15, -0.1) is 0 Å². The summed E-state index contributed by atoms with van der Waals surface area (Å²) >= 11 is 0. The number of carboxylic acid groups (broad SMARTS) is 1. The van der Waals surface area contributed by atoms with Crippen molar-refractivity contribution < 1.29 is 33.7 Å². The summed E-state index contributed by atoms with van der Waals surface area (Å²) in [6.07, 6.45) is 2.94. The number of β-lactam (4-membered cyclic amide) rings is 1. The molecular formula is C31H26N2O8. The molecule has 0 aromatic heterocycles. The van der Waals surface area contributed by atoms with Gasteiger partial charge in [0.15, 0.2) is 16.8 Å². The number of carboxylic acids is 1. The minimum Gasteiger partial charge on any atom is -0.490 e. The lowest BCUT2D eigenvalue weighted by Gasteiger charge is -2.44. The number of rotatable bonds is 9. The van der Waals surface area contributed by atoms with E-state index in [0.29, 0.717) is 52.7 Å². The second kappa shape index (κ2) is 10.5. The molecule has 10 heteroatoms. The monoisotopic (exact) mass is 554 g/mol. The number of amides is 1. The molecule has 208 valence electrons. The highest BCUT2D eigenvalue weighted by Crippen LogP contribution is 2.44. The number of aliphatic hydroxyl groups excluding tert-OH is 1. The summed E-state index contributed by atoms with van der Waals surface area (Å²) in [5, 5.41) is 19.5. The van der Waals surface area contributed by atoms with Crippen molar-refractivity contribution in [1.82, 2.24) is 9.88 Å². The zero-order valence-electron chi connectivity index (χ0n) is 22.0. The predicted octanol–water partition coefficient (Wildman–Crippen LogP) is 3.76. The maximum atomic E-state index is 12.3. The lowest BCUT2D eigenvalue weighted by atomic mass is 9.83. The van der Waals surface area contributed by atoms with E-state index in [-0.39, 0.29) is 29.7 Å². The molecule has 2 N–H and O–H groups in total. The Kier molecular flexibility index (Phi) is 6.76. The first-order valence-electron chi connectivity index (χ1n) is 13.1. The highest BCUT2D eigenvalue weighted by atomic mass is 16.5. The van der Waals surface area contributed by atoms with Crippen LogP contribution in [0.25, 0.3) is 22.6 Å². The average Bonchev–Trinajstić information content (AvgIpc) is 3.27. The van der Waals surface area contributed by atoms with E-state index in [2.05, 4.69) is 4.98 Å². The predicted molar refractivity (Wildman–Crippen MR) is 147 cm³/mol. The van der Waals surface area contributed by atoms with Crippen molar-refractivity contribution >= 4 is 23.0 Å². The van der Waals surface area contributed by atoms with Crippen LogP contribution >= 0.6 is 0 Å². The molecule has 1 saturated heterocycles. The highest BCUT2D eigenvalue weighted by Gasteiger charge is 2.56. The topological polar surface area (TPSA) is 139 Å². The van der Waals surface area contributed by atoms with Gasteiger partial charge in [-0.2, -0.15) is 0 Å². The normalized spacial score (nSPS) is 19.1. The first-order valence-corrected chi connectivity index (χ1v) is 13.1. The van der Waals surface area contributed by atoms with Crippen molar-refractivity contribution in [2.24, 2.45) is 5.92 Å². The lowest BCUT2D eigenvalue weighted by molar-refractivity contribution is -0.161. The van der Waals surface area contributed by atoms with E-state index < -0.39 is 18.0 Å². The van der Waals surface area contributed by atoms with E-state index in [0.717, 1.165) is 5.56 Å². The van der Waals surface area contributed by atoms with Crippen LogP contribution in [0.1, 0.15) is 18.9 Å². The van der Waals surface area contributed by atoms with E-state index in [1.54, 1.807) is 43.3 Å². The van der Waals surface area contributed by atoms with Gasteiger partial charge in [-0.3, -0.25) is 9.59 Å². The van der Waals surface area contributed by atoms with Gasteiger partial charge in [0, 0.05) is 12.1 Å². The Balaban J connectivity index is 1.04. The van der Waals surface area contributed by atoms with Crippen LogP contribution in [0.3, 0.4) is 0 Å². The second-order valence-electron chi connectivity index (χ2n) is 10.0. The van der Waals surface area contributed by atoms with Crippen molar-refractivity contribution in [3.8, 4) is 23.0 Å². The number of benzene rings is 3. The summed E-state index contributed by atoms with van der Waals surface area (Å²) in [6, 6.07) is 16.9. The molecule has 1 aliphatic carbocycles. The molecule has 6 rings (SSSR count).